The standard InChI is InChI=1S/C20H19N5O2S/c1-2-13-17(28-20(25-13)18-21-11-6-12-22-18)19(26)23-10-5-9-16-24-14-7-3-4-8-15(14)27-16/h3-4,6-8,11-12H,2,5,9-10H2,1H3,(H,23,26). The molecule has 0 aliphatic carbocycles. The number of aryl methyl sites for hydroxylation is 2. The third-order valence-electron chi connectivity index (χ3n) is 4.19. The van der Waals surface area contributed by atoms with Crippen LogP contribution in [0.15, 0.2) is 47.1 Å². The molecule has 0 spiro atoms. The SMILES string of the molecule is CCc1nc(-c2ncccn2)sc1C(=O)NCCCc1nc2ccccc2o1. The normalized spacial score (nSPS) is 11.0. The highest BCUT2D eigenvalue weighted by atomic mass is 32.1. The lowest BCUT2D eigenvalue weighted by Crippen LogP contribution is -2.24. The van der Waals surface area contributed by atoms with Gasteiger partial charge in [0.1, 0.15) is 10.4 Å². The van der Waals surface area contributed by atoms with Gasteiger partial charge in [0.15, 0.2) is 22.3 Å². The molecule has 0 saturated carbocycles. The Kier molecular flexibility index (Phi) is 5.38. The van der Waals surface area contributed by atoms with Gasteiger partial charge in [-0.05, 0) is 31.0 Å². The molecule has 0 bridgehead atoms. The van der Waals surface area contributed by atoms with Gasteiger partial charge >= 0.3 is 0 Å². The number of fused-ring (bicyclic) bond motifs is 1. The van der Waals surface area contributed by atoms with E-state index in [1.165, 1.54) is 11.3 Å². The first-order valence-electron chi connectivity index (χ1n) is 9.14. The number of thiazole rings is 1. The van der Waals surface area contributed by atoms with E-state index in [9.17, 15) is 4.79 Å². The average molecular weight is 393 g/mol. The van der Waals surface area contributed by atoms with E-state index in [0.717, 1.165) is 23.2 Å². The van der Waals surface area contributed by atoms with Gasteiger partial charge in [0.2, 0.25) is 0 Å². The van der Waals surface area contributed by atoms with Crippen LogP contribution in [-0.4, -0.2) is 32.4 Å². The van der Waals surface area contributed by atoms with Crippen LogP contribution in [0.1, 0.15) is 34.6 Å². The molecular weight excluding hydrogens is 374 g/mol. The lowest BCUT2D eigenvalue weighted by molar-refractivity contribution is 0.0956. The molecule has 0 radical (unpaired) electrons. The summed E-state index contributed by atoms with van der Waals surface area (Å²) in [5.41, 5.74) is 2.41. The minimum atomic E-state index is -0.117. The van der Waals surface area contributed by atoms with Crippen molar-refractivity contribution in [1.82, 2.24) is 25.3 Å². The second-order valence-corrected chi connectivity index (χ2v) is 7.15. The minimum Gasteiger partial charge on any atom is -0.441 e. The van der Waals surface area contributed by atoms with Crippen LogP contribution in [0, 0.1) is 0 Å². The van der Waals surface area contributed by atoms with Crippen LogP contribution in [-0.2, 0) is 12.8 Å². The number of hydrogen-bond donors (Lipinski definition) is 1. The number of para-hydroxylation sites is 2. The molecule has 0 aliphatic heterocycles. The number of nitrogens with one attached hydrogen (secondary N) is 1. The van der Waals surface area contributed by atoms with Crippen molar-refractivity contribution in [2.75, 3.05) is 6.54 Å². The Morgan fingerprint density at radius 3 is 2.75 bits per heavy atom. The van der Waals surface area contributed by atoms with Crippen LogP contribution < -0.4 is 5.32 Å². The van der Waals surface area contributed by atoms with E-state index >= 15 is 0 Å². The third kappa shape index (κ3) is 3.91. The topological polar surface area (TPSA) is 93.8 Å². The van der Waals surface area contributed by atoms with Gasteiger partial charge in [-0.2, -0.15) is 0 Å². The summed E-state index contributed by atoms with van der Waals surface area (Å²) < 4.78 is 5.70. The van der Waals surface area contributed by atoms with Crippen molar-refractivity contribution >= 4 is 28.3 Å². The maximum Gasteiger partial charge on any atom is 0.263 e. The average Bonchev–Trinajstić information content (AvgIpc) is 3.35. The molecule has 1 amide bonds. The molecule has 28 heavy (non-hydrogen) atoms. The Bertz CT molecular complexity index is 1060. The molecule has 4 aromatic rings. The number of oxazole rings is 1. The smallest absolute Gasteiger partial charge is 0.263 e. The molecule has 0 saturated heterocycles. The first kappa shape index (κ1) is 18.2. The van der Waals surface area contributed by atoms with Crippen LogP contribution >= 0.6 is 11.3 Å². The first-order chi connectivity index (χ1) is 13.7. The molecule has 8 heteroatoms. The lowest BCUT2D eigenvalue weighted by Gasteiger charge is -2.03. The van der Waals surface area contributed by atoms with Crippen molar-refractivity contribution in [2.45, 2.75) is 26.2 Å². The zero-order valence-electron chi connectivity index (χ0n) is 15.4. The number of carbonyl (C=O) groups is 1. The monoisotopic (exact) mass is 393 g/mol. The molecule has 1 aromatic carbocycles. The van der Waals surface area contributed by atoms with Crippen LogP contribution in [0.3, 0.4) is 0 Å². The van der Waals surface area contributed by atoms with E-state index in [0.29, 0.717) is 41.0 Å². The van der Waals surface area contributed by atoms with Crippen LogP contribution in [0.25, 0.3) is 21.9 Å². The molecule has 142 valence electrons. The van der Waals surface area contributed by atoms with Crippen molar-refractivity contribution in [3.05, 3.63) is 59.2 Å². The quantitative estimate of drug-likeness (QED) is 0.482. The highest BCUT2D eigenvalue weighted by Gasteiger charge is 2.18. The maximum absolute atomic E-state index is 12.6. The zero-order chi connectivity index (χ0) is 19.3. The first-order valence-corrected chi connectivity index (χ1v) is 9.96. The van der Waals surface area contributed by atoms with Gasteiger partial charge in [-0.15, -0.1) is 11.3 Å². The molecule has 0 unspecified atom stereocenters. The number of carbonyl (C=O) groups excluding carboxylic acids is 1. The highest BCUT2D eigenvalue weighted by Crippen LogP contribution is 2.26. The Hall–Kier alpha value is -3.13. The summed E-state index contributed by atoms with van der Waals surface area (Å²) in [6.07, 6.45) is 5.42. The van der Waals surface area contributed by atoms with Crippen LogP contribution in [0.5, 0.6) is 0 Å². The summed E-state index contributed by atoms with van der Waals surface area (Å²) in [7, 11) is 0. The van der Waals surface area contributed by atoms with Gasteiger partial charge in [-0.25, -0.2) is 19.9 Å². The summed E-state index contributed by atoms with van der Waals surface area (Å²) in [6, 6.07) is 9.44. The van der Waals surface area contributed by atoms with Crippen molar-refractivity contribution in [1.29, 1.82) is 0 Å². The zero-order valence-corrected chi connectivity index (χ0v) is 16.2. The Morgan fingerprint density at radius 1 is 1.14 bits per heavy atom. The minimum absolute atomic E-state index is 0.117. The summed E-state index contributed by atoms with van der Waals surface area (Å²) in [6.45, 7) is 2.52. The molecule has 0 fully saturated rings. The van der Waals surface area contributed by atoms with E-state index in [1.54, 1.807) is 18.5 Å². The summed E-state index contributed by atoms with van der Waals surface area (Å²) in [5, 5.41) is 3.62. The van der Waals surface area contributed by atoms with Gasteiger partial charge < -0.3 is 9.73 Å². The maximum atomic E-state index is 12.6. The second kappa shape index (κ2) is 8.26. The second-order valence-electron chi connectivity index (χ2n) is 6.16. The van der Waals surface area contributed by atoms with Crippen LogP contribution in [0.4, 0.5) is 0 Å². The largest absolute Gasteiger partial charge is 0.441 e. The van der Waals surface area contributed by atoms with Gasteiger partial charge in [0, 0.05) is 25.4 Å². The summed E-state index contributed by atoms with van der Waals surface area (Å²) in [4.78, 5) is 30.6. The number of amides is 1. The fourth-order valence-corrected chi connectivity index (χ4v) is 3.84. The Labute approximate surface area is 165 Å². The fourth-order valence-electron chi connectivity index (χ4n) is 2.82. The fraction of sp³-hybridized carbons (Fsp3) is 0.250. The number of aromatic nitrogens is 4. The Morgan fingerprint density at radius 2 is 1.96 bits per heavy atom. The third-order valence-corrected chi connectivity index (χ3v) is 5.28. The Balaban J connectivity index is 1.36. The predicted octanol–water partition coefficient (Wildman–Crippen LogP) is 3.67. The lowest BCUT2D eigenvalue weighted by atomic mass is 10.2. The number of nitrogens with zero attached hydrogens (tertiary/aromatic N) is 4. The predicted molar refractivity (Wildman–Crippen MR) is 107 cm³/mol. The van der Waals surface area contributed by atoms with Gasteiger partial charge in [-0.3, -0.25) is 4.79 Å². The van der Waals surface area contributed by atoms with Crippen molar-refractivity contribution < 1.29 is 9.21 Å². The number of rotatable bonds is 7. The molecule has 3 aromatic heterocycles. The molecule has 0 atom stereocenters. The van der Waals surface area contributed by atoms with Crippen LogP contribution in [0.2, 0.25) is 0 Å². The molecule has 4 rings (SSSR count). The van der Waals surface area contributed by atoms with Crippen molar-refractivity contribution in [3.63, 3.8) is 0 Å². The van der Waals surface area contributed by atoms with Gasteiger partial charge in [0.25, 0.3) is 5.91 Å². The van der Waals surface area contributed by atoms with Gasteiger partial charge in [0.05, 0.1) is 5.69 Å². The number of benzene rings is 1. The highest BCUT2D eigenvalue weighted by molar-refractivity contribution is 7.17. The van der Waals surface area contributed by atoms with E-state index in [1.807, 2.05) is 31.2 Å². The van der Waals surface area contributed by atoms with Gasteiger partial charge in [-0.1, -0.05) is 19.1 Å². The molecule has 7 nitrogen and oxygen atoms in total. The molecule has 1 N–H and O–H groups in total. The van der Waals surface area contributed by atoms with E-state index in [4.69, 9.17) is 4.42 Å². The van der Waals surface area contributed by atoms with E-state index in [-0.39, 0.29) is 5.91 Å². The molecular formula is C20H19N5O2S. The van der Waals surface area contributed by atoms with E-state index in [2.05, 4.69) is 25.3 Å². The van der Waals surface area contributed by atoms with Crippen molar-refractivity contribution in [2.24, 2.45) is 0 Å². The number of hydrogen-bond acceptors (Lipinski definition) is 7. The summed E-state index contributed by atoms with van der Waals surface area (Å²) >= 11 is 1.32. The molecule has 0 aliphatic rings. The molecule has 3 heterocycles. The van der Waals surface area contributed by atoms with E-state index < -0.39 is 0 Å². The van der Waals surface area contributed by atoms with Crippen molar-refractivity contribution in [3.8, 4) is 10.8 Å². The summed E-state index contributed by atoms with van der Waals surface area (Å²) in [5.74, 6) is 1.11.